The lowest BCUT2D eigenvalue weighted by molar-refractivity contribution is -0.0721. The van der Waals surface area contributed by atoms with E-state index < -0.39 is 0 Å². The van der Waals surface area contributed by atoms with Crippen molar-refractivity contribution in [1.29, 1.82) is 0 Å². The summed E-state index contributed by atoms with van der Waals surface area (Å²) in [6.45, 7) is 14.7. The van der Waals surface area contributed by atoms with E-state index >= 15 is 0 Å². The molecule has 3 saturated heterocycles. The van der Waals surface area contributed by atoms with Gasteiger partial charge in [-0.05, 0) is 52.9 Å². The van der Waals surface area contributed by atoms with E-state index in [-0.39, 0.29) is 0 Å². The van der Waals surface area contributed by atoms with Crippen LogP contribution in [0.1, 0.15) is 52.9 Å². The minimum absolute atomic E-state index is 0.310. The van der Waals surface area contributed by atoms with Gasteiger partial charge in [0.05, 0.1) is 38.6 Å². The summed E-state index contributed by atoms with van der Waals surface area (Å²) < 4.78 is 17.5. The van der Waals surface area contributed by atoms with Gasteiger partial charge in [0.1, 0.15) is 0 Å². The predicted octanol–water partition coefficient (Wildman–Crippen LogP) is 2.11. The van der Waals surface area contributed by atoms with Crippen LogP contribution in [0.4, 0.5) is 0 Å². The lowest BCUT2D eigenvalue weighted by Gasteiger charge is -2.38. The van der Waals surface area contributed by atoms with Crippen LogP contribution in [-0.2, 0) is 14.2 Å². The van der Waals surface area contributed by atoms with Crippen LogP contribution < -0.4 is 5.32 Å². The minimum atomic E-state index is 0.310. The average molecular weight is 411 g/mol. The molecule has 0 spiro atoms. The Morgan fingerprint density at radius 3 is 2.69 bits per heavy atom. The van der Waals surface area contributed by atoms with Crippen molar-refractivity contribution in [2.24, 2.45) is 4.99 Å². The first-order valence-electron chi connectivity index (χ1n) is 11.8. The third-order valence-corrected chi connectivity index (χ3v) is 6.36. The number of morpholine rings is 1. The monoisotopic (exact) mass is 410 g/mol. The van der Waals surface area contributed by atoms with Crippen LogP contribution in [0.15, 0.2) is 4.99 Å². The molecule has 29 heavy (non-hydrogen) atoms. The van der Waals surface area contributed by atoms with Crippen LogP contribution in [0.2, 0.25) is 0 Å². The van der Waals surface area contributed by atoms with Gasteiger partial charge >= 0.3 is 0 Å². The largest absolute Gasteiger partial charge is 0.379 e. The molecule has 0 aromatic carbocycles. The van der Waals surface area contributed by atoms with Crippen molar-refractivity contribution in [2.75, 3.05) is 59.2 Å². The molecule has 7 nitrogen and oxygen atoms in total. The standard InChI is InChI=1S/C22H42N4O3/c1-4-23-22(24-15-18(2)26-12-14-27-16-19(26)3)25-10-8-20(9-11-25)29-17-21-7-5-6-13-28-21/h18-21H,4-17H2,1-3H3,(H,23,24). The number of nitrogens with zero attached hydrogens (tertiary/aromatic N) is 3. The zero-order valence-corrected chi connectivity index (χ0v) is 18.8. The molecule has 3 rings (SSSR count). The first kappa shape index (κ1) is 22.8. The van der Waals surface area contributed by atoms with E-state index in [1.165, 1.54) is 12.8 Å². The van der Waals surface area contributed by atoms with E-state index in [2.05, 4.69) is 35.9 Å². The highest BCUT2D eigenvalue weighted by Gasteiger charge is 2.26. The highest BCUT2D eigenvalue weighted by Crippen LogP contribution is 2.18. The van der Waals surface area contributed by atoms with Crippen molar-refractivity contribution in [3.8, 4) is 0 Å². The van der Waals surface area contributed by atoms with Crippen LogP contribution in [0.5, 0.6) is 0 Å². The third kappa shape index (κ3) is 7.09. The average Bonchev–Trinajstić information content (AvgIpc) is 2.76. The Morgan fingerprint density at radius 1 is 1.17 bits per heavy atom. The van der Waals surface area contributed by atoms with Gasteiger partial charge in [0.2, 0.25) is 0 Å². The van der Waals surface area contributed by atoms with Gasteiger partial charge in [0.15, 0.2) is 5.96 Å². The quantitative estimate of drug-likeness (QED) is 0.512. The molecular formula is C22H42N4O3. The lowest BCUT2D eigenvalue weighted by atomic mass is 10.1. The SMILES string of the molecule is CCNC(=NCC(C)N1CCOCC1C)N1CCC(OCC2CCCCO2)CC1. The van der Waals surface area contributed by atoms with Gasteiger partial charge in [-0.2, -0.15) is 0 Å². The Balaban J connectivity index is 1.43. The summed E-state index contributed by atoms with van der Waals surface area (Å²) in [7, 11) is 0. The molecule has 1 N–H and O–H groups in total. The number of aliphatic imine (C=N–C) groups is 1. The predicted molar refractivity (Wildman–Crippen MR) is 117 cm³/mol. The topological polar surface area (TPSA) is 58.6 Å². The van der Waals surface area contributed by atoms with E-state index in [0.717, 1.165) is 84.4 Å². The van der Waals surface area contributed by atoms with Gasteiger partial charge in [-0.15, -0.1) is 0 Å². The van der Waals surface area contributed by atoms with E-state index in [9.17, 15) is 0 Å². The lowest BCUT2D eigenvalue weighted by Crippen LogP contribution is -2.50. The molecule has 0 aliphatic carbocycles. The van der Waals surface area contributed by atoms with E-state index in [4.69, 9.17) is 19.2 Å². The second-order valence-electron chi connectivity index (χ2n) is 8.71. The van der Waals surface area contributed by atoms with Crippen LogP contribution in [0.25, 0.3) is 0 Å². The molecule has 0 amide bonds. The van der Waals surface area contributed by atoms with Crippen LogP contribution >= 0.6 is 0 Å². The van der Waals surface area contributed by atoms with Crippen molar-refractivity contribution in [2.45, 2.75) is 77.2 Å². The maximum atomic E-state index is 6.17. The smallest absolute Gasteiger partial charge is 0.193 e. The minimum Gasteiger partial charge on any atom is -0.379 e. The summed E-state index contributed by atoms with van der Waals surface area (Å²) in [5.74, 6) is 1.05. The summed E-state index contributed by atoms with van der Waals surface area (Å²) in [6, 6.07) is 0.900. The van der Waals surface area contributed by atoms with Crippen molar-refractivity contribution in [3.05, 3.63) is 0 Å². The van der Waals surface area contributed by atoms with Gasteiger partial charge in [-0.25, -0.2) is 0 Å². The number of ether oxygens (including phenoxy) is 3. The molecule has 0 aromatic heterocycles. The molecule has 0 radical (unpaired) electrons. The van der Waals surface area contributed by atoms with Gasteiger partial charge in [0.25, 0.3) is 0 Å². The first-order valence-corrected chi connectivity index (χ1v) is 11.8. The Bertz CT molecular complexity index is 490. The van der Waals surface area contributed by atoms with Crippen LogP contribution in [0.3, 0.4) is 0 Å². The fourth-order valence-electron chi connectivity index (χ4n) is 4.56. The molecule has 0 saturated carbocycles. The number of nitrogens with one attached hydrogen (secondary N) is 1. The second kappa shape index (κ2) is 12.1. The summed E-state index contributed by atoms with van der Waals surface area (Å²) in [5, 5.41) is 3.49. The molecule has 3 heterocycles. The maximum absolute atomic E-state index is 6.17. The van der Waals surface area contributed by atoms with E-state index in [0.29, 0.717) is 24.3 Å². The molecule has 3 fully saturated rings. The molecule has 168 valence electrons. The zero-order chi connectivity index (χ0) is 20.5. The fraction of sp³-hybridized carbons (Fsp3) is 0.955. The molecular weight excluding hydrogens is 368 g/mol. The first-order chi connectivity index (χ1) is 14.2. The Kier molecular flexibility index (Phi) is 9.49. The number of hydrogen-bond acceptors (Lipinski definition) is 5. The number of rotatable bonds is 7. The molecule has 0 aromatic rings. The molecule has 3 aliphatic heterocycles. The maximum Gasteiger partial charge on any atom is 0.193 e. The Morgan fingerprint density at radius 2 is 2.00 bits per heavy atom. The van der Waals surface area contributed by atoms with Gasteiger partial charge < -0.3 is 24.4 Å². The molecule has 3 aliphatic rings. The summed E-state index contributed by atoms with van der Waals surface area (Å²) in [5.41, 5.74) is 0. The van der Waals surface area contributed by atoms with Gasteiger partial charge in [0, 0.05) is 44.9 Å². The highest BCUT2D eigenvalue weighted by atomic mass is 16.5. The van der Waals surface area contributed by atoms with Crippen molar-refractivity contribution >= 4 is 5.96 Å². The Labute approximate surface area is 177 Å². The highest BCUT2D eigenvalue weighted by molar-refractivity contribution is 5.80. The second-order valence-corrected chi connectivity index (χ2v) is 8.71. The summed E-state index contributed by atoms with van der Waals surface area (Å²) in [6.07, 6.45) is 6.41. The Hall–Kier alpha value is -0.890. The van der Waals surface area contributed by atoms with Crippen molar-refractivity contribution in [1.82, 2.24) is 15.1 Å². The van der Waals surface area contributed by atoms with E-state index in [1.54, 1.807) is 0 Å². The number of hydrogen-bond donors (Lipinski definition) is 1. The summed E-state index contributed by atoms with van der Waals surface area (Å²) in [4.78, 5) is 9.90. The van der Waals surface area contributed by atoms with Crippen LogP contribution in [0, 0.1) is 0 Å². The number of guanidine groups is 1. The molecule has 3 unspecified atom stereocenters. The van der Waals surface area contributed by atoms with E-state index in [1.807, 2.05) is 0 Å². The normalized spacial score (nSPS) is 29.1. The van der Waals surface area contributed by atoms with Gasteiger partial charge in [-0.3, -0.25) is 9.89 Å². The van der Waals surface area contributed by atoms with Crippen LogP contribution in [-0.4, -0.2) is 99.2 Å². The number of likely N-dealkylation sites (tertiary alicyclic amines) is 1. The molecule has 0 bridgehead atoms. The third-order valence-electron chi connectivity index (χ3n) is 6.36. The molecule has 7 heteroatoms. The van der Waals surface area contributed by atoms with Crippen molar-refractivity contribution < 1.29 is 14.2 Å². The number of piperidine rings is 1. The van der Waals surface area contributed by atoms with Crippen molar-refractivity contribution in [3.63, 3.8) is 0 Å². The summed E-state index contributed by atoms with van der Waals surface area (Å²) >= 11 is 0. The fourth-order valence-corrected chi connectivity index (χ4v) is 4.56. The zero-order valence-electron chi connectivity index (χ0n) is 18.8. The van der Waals surface area contributed by atoms with Gasteiger partial charge in [-0.1, -0.05) is 0 Å². The molecule has 3 atom stereocenters.